The van der Waals surface area contributed by atoms with Crippen LogP contribution in [-0.2, 0) is 19.1 Å². The van der Waals surface area contributed by atoms with Gasteiger partial charge in [0.05, 0.1) is 19.1 Å². The first-order valence-electron chi connectivity index (χ1n) is 15.3. The predicted molar refractivity (Wildman–Crippen MR) is 163 cm³/mol. The molecule has 3 fully saturated rings. The highest BCUT2D eigenvalue weighted by Crippen LogP contribution is 2.41. The third-order valence-electron chi connectivity index (χ3n) is 9.76. The molecule has 0 unspecified atom stereocenters. The third kappa shape index (κ3) is 6.93. The van der Waals surface area contributed by atoms with E-state index in [0.717, 1.165) is 37.8 Å². The van der Waals surface area contributed by atoms with E-state index in [0.29, 0.717) is 24.5 Å². The van der Waals surface area contributed by atoms with Crippen molar-refractivity contribution in [3.8, 4) is 0 Å². The van der Waals surface area contributed by atoms with Crippen LogP contribution in [0.1, 0.15) is 92.1 Å². The van der Waals surface area contributed by atoms with E-state index in [1.807, 2.05) is 38.1 Å². The van der Waals surface area contributed by atoms with Crippen LogP contribution < -0.4 is 0 Å². The van der Waals surface area contributed by atoms with Crippen LogP contribution in [-0.4, -0.2) is 82.9 Å². The number of likely N-dealkylation sites (tertiary alicyclic amines) is 2. The fourth-order valence-corrected chi connectivity index (χ4v) is 7.23. The topological polar surface area (TPSA) is 70.2 Å². The van der Waals surface area contributed by atoms with Gasteiger partial charge in [-0.3, -0.25) is 14.5 Å². The number of ether oxygens (including phenoxy) is 1. The summed E-state index contributed by atoms with van der Waals surface area (Å²) in [6.45, 7) is 16.7. The molecule has 41 heavy (non-hydrogen) atoms. The molecule has 1 saturated carbocycles. The molecule has 2 amide bonds. The van der Waals surface area contributed by atoms with Gasteiger partial charge in [-0.25, -0.2) is 4.79 Å². The van der Waals surface area contributed by atoms with E-state index in [2.05, 4.69) is 44.4 Å². The molecule has 2 heterocycles. The second kappa shape index (κ2) is 12.2. The van der Waals surface area contributed by atoms with Crippen molar-refractivity contribution in [2.45, 2.75) is 110 Å². The Bertz CT molecular complexity index is 1100. The zero-order chi connectivity index (χ0) is 30.3. The second-order valence-electron chi connectivity index (χ2n) is 14.6. The van der Waals surface area contributed by atoms with Gasteiger partial charge in [0.1, 0.15) is 6.04 Å². The van der Waals surface area contributed by atoms with Crippen LogP contribution in [0.25, 0.3) is 0 Å². The molecule has 2 aliphatic heterocycles. The summed E-state index contributed by atoms with van der Waals surface area (Å²) in [6.07, 6.45) is 4.42. The average Bonchev–Trinajstić information content (AvgIpc) is 3.55. The highest BCUT2D eigenvalue weighted by atomic mass is 35.5. The Hall–Kier alpha value is -2.12. The Morgan fingerprint density at radius 3 is 2.15 bits per heavy atom. The van der Waals surface area contributed by atoms with Crippen molar-refractivity contribution in [2.24, 2.45) is 17.3 Å². The first-order chi connectivity index (χ1) is 19.1. The quantitative estimate of drug-likeness (QED) is 0.396. The summed E-state index contributed by atoms with van der Waals surface area (Å²) < 4.78 is 5.22. The van der Waals surface area contributed by atoms with Crippen molar-refractivity contribution in [1.29, 1.82) is 0 Å². The van der Waals surface area contributed by atoms with E-state index in [4.69, 9.17) is 16.3 Å². The lowest BCUT2D eigenvalue weighted by atomic mass is 9.75. The number of nitrogens with zero attached hydrogens (tertiary/aromatic N) is 3. The predicted octanol–water partition coefficient (Wildman–Crippen LogP) is 5.75. The SMILES string of the molecule is COC(=O)[C@@H]1C[C@H](N(C(=O)C(C)C)C2CCC(C)(C)CC2)CN1C(=O)[C@@H]1CN(C(C)(C)C)C[C@H]1c1ccc(Cl)cc1. The number of amides is 2. The zero-order valence-corrected chi connectivity index (χ0v) is 27.0. The third-order valence-corrected chi connectivity index (χ3v) is 10.0. The van der Waals surface area contributed by atoms with Crippen LogP contribution in [0.2, 0.25) is 5.02 Å². The number of methoxy groups -OCH3 is 1. The van der Waals surface area contributed by atoms with E-state index < -0.39 is 12.0 Å². The zero-order valence-electron chi connectivity index (χ0n) is 26.3. The summed E-state index contributed by atoms with van der Waals surface area (Å²) in [4.78, 5) is 47.5. The molecule has 0 N–H and O–H groups in total. The molecule has 1 aliphatic carbocycles. The van der Waals surface area contributed by atoms with Gasteiger partial charge in [0.25, 0.3) is 0 Å². The van der Waals surface area contributed by atoms with Gasteiger partial charge >= 0.3 is 5.97 Å². The van der Waals surface area contributed by atoms with Gasteiger partial charge in [-0.2, -0.15) is 0 Å². The normalized spacial score (nSPS) is 27.3. The molecule has 4 atom stereocenters. The molecule has 8 heteroatoms. The van der Waals surface area contributed by atoms with Crippen molar-refractivity contribution in [3.05, 3.63) is 34.9 Å². The molecular weight excluding hydrogens is 538 g/mol. The molecule has 0 aromatic heterocycles. The van der Waals surface area contributed by atoms with Crippen molar-refractivity contribution in [1.82, 2.24) is 14.7 Å². The maximum absolute atomic E-state index is 14.5. The molecule has 0 bridgehead atoms. The van der Waals surface area contributed by atoms with Crippen molar-refractivity contribution in [2.75, 3.05) is 26.7 Å². The fourth-order valence-electron chi connectivity index (χ4n) is 7.10. The first-order valence-corrected chi connectivity index (χ1v) is 15.7. The summed E-state index contributed by atoms with van der Waals surface area (Å²) in [7, 11) is 1.38. The minimum atomic E-state index is -0.699. The second-order valence-corrected chi connectivity index (χ2v) is 15.0. The van der Waals surface area contributed by atoms with Crippen LogP contribution in [0.4, 0.5) is 0 Å². The number of rotatable bonds is 6. The van der Waals surface area contributed by atoms with Crippen molar-refractivity contribution in [3.63, 3.8) is 0 Å². The van der Waals surface area contributed by atoms with Crippen LogP contribution in [0, 0.1) is 17.3 Å². The first kappa shape index (κ1) is 31.8. The molecule has 0 radical (unpaired) electrons. The average molecular weight is 588 g/mol. The highest BCUT2D eigenvalue weighted by Gasteiger charge is 2.50. The van der Waals surface area contributed by atoms with Crippen molar-refractivity contribution >= 4 is 29.4 Å². The van der Waals surface area contributed by atoms with Gasteiger partial charge in [-0.05, 0) is 69.6 Å². The lowest BCUT2D eigenvalue weighted by Gasteiger charge is -2.43. The van der Waals surface area contributed by atoms with E-state index in [1.54, 1.807) is 4.90 Å². The molecule has 1 aromatic carbocycles. The Morgan fingerprint density at radius 1 is 1.00 bits per heavy atom. The standard InChI is InChI=1S/C33H50ClN3O4/c1-21(2)29(38)37(24-13-15-33(6,7)16-14-24)25-17-28(31(40)41-8)36(18-25)30(39)27-20-35(32(3,4)5)19-26(27)22-9-11-23(34)12-10-22/h9-12,21,24-28H,13-20H2,1-8H3/t25-,26-,27+,28-/m0/s1. The van der Waals surface area contributed by atoms with E-state index in [-0.39, 0.29) is 52.6 Å². The monoisotopic (exact) mass is 587 g/mol. The summed E-state index contributed by atoms with van der Waals surface area (Å²) in [5.41, 5.74) is 1.24. The lowest BCUT2D eigenvalue weighted by molar-refractivity contribution is -0.152. The number of carbonyl (C=O) groups is 3. The van der Waals surface area contributed by atoms with Gasteiger partial charge in [-0.1, -0.05) is 51.4 Å². The number of carbonyl (C=O) groups excluding carboxylic acids is 3. The number of hydrogen-bond acceptors (Lipinski definition) is 5. The van der Waals surface area contributed by atoms with E-state index >= 15 is 0 Å². The summed E-state index contributed by atoms with van der Waals surface area (Å²) in [6, 6.07) is 6.99. The Morgan fingerprint density at radius 2 is 1.61 bits per heavy atom. The Balaban J connectivity index is 1.65. The van der Waals surface area contributed by atoms with Gasteiger partial charge in [-0.15, -0.1) is 0 Å². The molecule has 228 valence electrons. The molecule has 1 aromatic rings. The van der Waals surface area contributed by atoms with Gasteiger partial charge in [0.15, 0.2) is 0 Å². The summed E-state index contributed by atoms with van der Waals surface area (Å²) in [5.74, 6) is -0.823. The maximum Gasteiger partial charge on any atom is 0.328 e. The number of hydrogen-bond donors (Lipinski definition) is 0. The molecule has 2 saturated heterocycles. The Kier molecular flexibility index (Phi) is 9.50. The number of benzene rings is 1. The van der Waals surface area contributed by atoms with E-state index in [1.165, 1.54) is 7.11 Å². The minimum absolute atomic E-state index is 0.0229. The Labute approximate surface area is 251 Å². The largest absolute Gasteiger partial charge is 0.467 e. The minimum Gasteiger partial charge on any atom is -0.467 e. The summed E-state index contributed by atoms with van der Waals surface area (Å²) >= 11 is 6.20. The van der Waals surface area contributed by atoms with Gasteiger partial charge < -0.3 is 14.5 Å². The van der Waals surface area contributed by atoms with Crippen LogP contribution >= 0.6 is 11.6 Å². The fraction of sp³-hybridized carbons (Fsp3) is 0.727. The van der Waals surface area contributed by atoms with Gasteiger partial charge in [0.2, 0.25) is 11.8 Å². The molecule has 0 spiro atoms. The lowest BCUT2D eigenvalue weighted by Crippen LogP contribution is -2.52. The maximum atomic E-state index is 14.5. The van der Waals surface area contributed by atoms with Crippen LogP contribution in [0.15, 0.2) is 24.3 Å². The van der Waals surface area contributed by atoms with Crippen molar-refractivity contribution < 1.29 is 19.1 Å². The molecule has 4 rings (SSSR count). The highest BCUT2D eigenvalue weighted by molar-refractivity contribution is 6.30. The summed E-state index contributed by atoms with van der Waals surface area (Å²) in [5, 5.41) is 0.663. The number of esters is 1. The molecule has 3 aliphatic rings. The molecular formula is C33H50ClN3O4. The van der Waals surface area contributed by atoms with E-state index in [9.17, 15) is 14.4 Å². The number of halogens is 1. The van der Waals surface area contributed by atoms with Crippen LogP contribution in [0.5, 0.6) is 0 Å². The van der Waals surface area contributed by atoms with Crippen LogP contribution in [0.3, 0.4) is 0 Å². The smallest absolute Gasteiger partial charge is 0.328 e. The molecule has 7 nitrogen and oxygen atoms in total. The van der Waals surface area contributed by atoms with Gasteiger partial charge in [0, 0.05) is 54.5 Å².